The van der Waals surface area contributed by atoms with E-state index in [0.29, 0.717) is 38.7 Å². The Kier molecular flexibility index (Phi) is 7.75. The van der Waals surface area contributed by atoms with Crippen molar-refractivity contribution in [2.24, 2.45) is 0 Å². The number of hydrogen-bond donors (Lipinski definition) is 2. The molecule has 0 spiro atoms. The van der Waals surface area contributed by atoms with E-state index in [1.807, 2.05) is 27.7 Å². The van der Waals surface area contributed by atoms with Crippen molar-refractivity contribution in [3.63, 3.8) is 0 Å². The average molecular weight is 336 g/mol. The van der Waals surface area contributed by atoms with Crippen molar-refractivity contribution >= 4 is 11.8 Å². The van der Waals surface area contributed by atoms with Crippen LogP contribution in [0, 0.1) is 20.8 Å². The van der Waals surface area contributed by atoms with Gasteiger partial charge in [0.25, 0.3) is 0 Å². The summed E-state index contributed by atoms with van der Waals surface area (Å²) in [4.78, 5) is 22.2. The van der Waals surface area contributed by atoms with E-state index in [1.54, 1.807) is 0 Å². The van der Waals surface area contributed by atoms with Gasteiger partial charge in [-0.15, -0.1) is 0 Å². The van der Waals surface area contributed by atoms with Crippen LogP contribution in [-0.4, -0.2) is 28.6 Å². The summed E-state index contributed by atoms with van der Waals surface area (Å²) in [5.41, 5.74) is 3.27. The molecule has 1 aromatic rings. The van der Waals surface area contributed by atoms with Gasteiger partial charge in [-0.1, -0.05) is 6.92 Å². The Labute approximate surface area is 143 Å². The molecule has 5 heteroatoms. The molecule has 0 unspecified atom stereocenters. The van der Waals surface area contributed by atoms with Gasteiger partial charge in [0, 0.05) is 24.8 Å². The summed E-state index contributed by atoms with van der Waals surface area (Å²) >= 11 is 0. The Bertz CT molecular complexity index is 605. The molecule has 0 amide bonds. The zero-order valence-electron chi connectivity index (χ0n) is 15.1. The second-order valence-corrected chi connectivity index (χ2v) is 6.12. The van der Waals surface area contributed by atoms with E-state index in [4.69, 9.17) is 9.84 Å². The molecule has 2 N–H and O–H groups in total. The fourth-order valence-corrected chi connectivity index (χ4v) is 2.66. The SMILES string of the molecule is CCC(=O)CCc1c(C)c(O)c(C)c(C)c1OCCCCC(=O)O. The number of carbonyl (C=O) groups is 2. The van der Waals surface area contributed by atoms with E-state index >= 15 is 0 Å². The number of phenols is 1. The molecule has 0 aromatic heterocycles. The van der Waals surface area contributed by atoms with E-state index < -0.39 is 5.97 Å². The maximum Gasteiger partial charge on any atom is 0.303 e. The fraction of sp³-hybridized carbons (Fsp3) is 0.579. The molecule has 0 aliphatic carbocycles. The van der Waals surface area contributed by atoms with E-state index in [1.165, 1.54) is 0 Å². The maximum atomic E-state index is 11.6. The Morgan fingerprint density at radius 2 is 1.67 bits per heavy atom. The number of carbonyl (C=O) groups excluding carboxylic acids is 1. The fourth-order valence-electron chi connectivity index (χ4n) is 2.66. The first-order valence-electron chi connectivity index (χ1n) is 8.47. The van der Waals surface area contributed by atoms with Gasteiger partial charge in [-0.05, 0) is 56.7 Å². The molecule has 0 fully saturated rings. The van der Waals surface area contributed by atoms with Crippen LogP contribution < -0.4 is 4.74 Å². The van der Waals surface area contributed by atoms with Crippen molar-refractivity contribution in [3.8, 4) is 11.5 Å². The molecule has 0 aliphatic rings. The van der Waals surface area contributed by atoms with Crippen molar-refractivity contribution in [1.82, 2.24) is 0 Å². The van der Waals surface area contributed by atoms with Gasteiger partial charge in [0.05, 0.1) is 6.61 Å². The molecule has 0 atom stereocenters. The second kappa shape index (κ2) is 9.30. The lowest BCUT2D eigenvalue weighted by Crippen LogP contribution is -2.08. The third-order valence-corrected chi connectivity index (χ3v) is 4.42. The standard InChI is InChI=1S/C19H28O5/c1-5-15(20)9-10-16-14(4)18(23)12(2)13(3)19(16)24-11-7-6-8-17(21)22/h23H,5-11H2,1-4H3,(H,21,22). The average Bonchev–Trinajstić information content (AvgIpc) is 2.55. The van der Waals surface area contributed by atoms with Crippen molar-refractivity contribution in [2.75, 3.05) is 6.61 Å². The number of unbranched alkanes of at least 4 members (excludes halogenated alkanes) is 1. The third kappa shape index (κ3) is 5.25. The molecule has 0 saturated heterocycles. The Morgan fingerprint density at radius 1 is 1.00 bits per heavy atom. The first-order valence-corrected chi connectivity index (χ1v) is 8.47. The number of carboxylic acids is 1. The number of carboxylic acid groups (broad SMARTS) is 1. The minimum Gasteiger partial charge on any atom is -0.507 e. The molecule has 5 nitrogen and oxygen atoms in total. The van der Waals surface area contributed by atoms with Crippen molar-refractivity contribution < 1.29 is 24.5 Å². The highest BCUT2D eigenvalue weighted by atomic mass is 16.5. The number of rotatable bonds is 10. The van der Waals surface area contributed by atoms with E-state index in [-0.39, 0.29) is 18.0 Å². The lowest BCUT2D eigenvalue weighted by atomic mass is 9.93. The molecule has 0 aliphatic heterocycles. The summed E-state index contributed by atoms with van der Waals surface area (Å²) in [5.74, 6) is 0.354. The molecule has 0 saturated carbocycles. The molecule has 0 bridgehead atoms. The summed E-state index contributed by atoms with van der Waals surface area (Å²) in [6.45, 7) is 7.84. The number of benzene rings is 1. The predicted molar refractivity (Wildman–Crippen MR) is 92.9 cm³/mol. The van der Waals surface area contributed by atoms with E-state index in [2.05, 4.69) is 0 Å². The Morgan fingerprint density at radius 3 is 2.25 bits per heavy atom. The molecule has 0 radical (unpaired) electrons. The number of aromatic hydroxyl groups is 1. The first kappa shape index (κ1) is 20.0. The van der Waals surface area contributed by atoms with Gasteiger partial charge >= 0.3 is 5.97 Å². The van der Waals surface area contributed by atoms with Crippen LogP contribution in [0.5, 0.6) is 11.5 Å². The number of Topliss-reactive ketones (excluding diaryl/α,β-unsaturated/α-hetero) is 1. The summed E-state index contributed by atoms with van der Waals surface area (Å²) in [6.07, 6.45) is 2.81. The van der Waals surface area contributed by atoms with Crippen LogP contribution in [-0.2, 0) is 16.0 Å². The number of aliphatic carboxylic acids is 1. The van der Waals surface area contributed by atoms with Gasteiger partial charge < -0.3 is 14.9 Å². The van der Waals surface area contributed by atoms with Crippen LogP contribution in [0.15, 0.2) is 0 Å². The van der Waals surface area contributed by atoms with Gasteiger partial charge in [0.2, 0.25) is 0 Å². The molecular weight excluding hydrogens is 308 g/mol. The minimum atomic E-state index is -0.804. The third-order valence-electron chi connectivity index (χ3n) is 4.42. The first-order chi connectivity index (χ1) is 11.3. The molecule has 134 valence electrons. The van der Waals surface area contributed by atoms with E-state index in [9.17, 15) is 14.7 Å². The predicted octanol–water partition coefficient (Wildman–Crippen LogP) is 3.86. The van der Waals surface area contributed by atoms with Crippen LogP contribution in [0.3, 0.4) is 0 Å². The van der Waals surface area contributed by atoms with Crippen LogP contribution >= 0.6 is 0 Å². The van der Waals surface area contributed by atoms with Crippen molar-refractivity contribution in [2.45, 2.75) is 66.2 Å². The summed E-state index contributed by atoms with van der Waals surface area (Å²) in [7, 11) is 0. The van der Waals surface area contributed by atoms with Gasteiger partial charge in [-0.2, -0.15) is 0 Å². The molecule has 24 heavy (non-hydrogen) atoms. The van der Waals surface area contributed by atoms with Gasteiger partial charge in [-0.3, -0.25) is 9.59 Å². The lowest BCUT2D eigenvalue weighted by Gasteiger charge is -2.20. The highest BCUT2D eigenvalue weighted by Gasteiger charge is 2.18. The zero-order chi connectivity index (χ0) is 18.3. The smallest absolute Gasteiger partial charge is 0.303 e. The van der Waals surface area contributed by atoms with Crippen molar-refractivity contribution in [1.29, 1.82) is 0 Å². The topological polar surface area (TPSA) is 83.8 Å². The Hall–Kier alpha value is -2.04. The normalized spacial score (nSPS) is 10.7. The number of hydrogen-bond acceptors (Lipinski definition) is 4. The summed E-state index contributed by atoms with van der Waals surface area (Å²) in [5, 5.41) is 18.9. The van der Waals surface area contributed by atoms with Gasteiger partial charge in [0.1, 0.15) is 17.3 Å². The number of phenolic OH excluding ortho intramolecular Hbond substituents is 1. The maximum absolute atomic E-state index is 11.6. The monoisotopic (exact) mass is 336 g/mol. The number of ether oxygens (including phenoxy) is 1. The van der Waals surface area contributed by atoms with Gasteiger partial charge in [0.15, 0.2) is 0 Å². The molecule has 0 heterocycles. The molecular formula is C19H28O5. The Balaban J connectivity index is 2.93. The van der Waals surface area contributed by atoms with E-state index in [0.717, 1.165) is 28.0 Å². The molecule has 1 aromatic carbocycles. The largest absolute Gasteiger partial charge is 0.507 e. The van der Waals surface area contributed by atoms with Crippen molar-refractivity contribution in [3.05, 3.63) is 22.3 Å². The highest BCUT2D eigenvalue weighted by molar-refractivity contribution is 5.78. The molecule has 1 rings (SSSR count). The summed E-state index contributed by atoms with van der Waals surface area (Å²) in [6, 6.07) is 0. The van der Waals surface area contributed by atoms with Crippen LogP contribution in [0.4, 0.5) is 0 Å². The lowest BCUT2D eigenvalue weighted by molar-refractivity contribution is -0.137. The van der Waals surface area contributed by atoms with Crippen LogP contribution in [0.1, 0.15) is 61.3 Å². The zero-order valence-corrected chi connectivity index (χ0v) is 15.1. The second-order valence-electron chi connectivity index (χ2n) is 6.12. The van der Waals surface area contributed by atoms with Crippen LogP contribution in [0.25, 0.3) is 0 Å². The van der Waals surface area contributed by atoms with Crippen LogP contribution in [0.2, 0.25) is 0 Å². The van der Waals surface area contributed by atoms with Gasteiger partial charge in [-0.25, -0.2) is 0 Å². The highest BCUT2D eigenvalue weighted by Crippen LogP contribution is 2.38. The quantitative estimate of drug-likeness (QED) is 0.634. The summed E-state index contributed by atoms with van der Waals surface area (Å²) < 4.78 is 5.92. The minimum absolute atomic E-state index is 0.133. The number of ketones is 1.